The second kappa shape index (κ2) is 3.76. The zero-order chi connectivity index (χ0) is 11.9. The van der Waals surface area contributed by atoms with Crippen LogP contribution >= 0.6 is 0 Å². The first-order chi connectivity index (χ1) is 7.41. The average Bonchev–Trinajstić information content (AvgIpc) is 2.56. The van der Waals surface area contributed by atoms with Gasteiger partial charge in [-0.1, -0.05) is 0 Å². The maximum absolute atomic E-state index is 11.1. The zero-order valence-electron chi connectivity index (χ0n) is 9.56. The number of aromatic nitrogens is 2. The first kappa shape index (κ1) is 11.4. The van der Waals surface area contributed by atoms with Gasteiger partial charge in [0, 0.05) is 0 Å². The van der Waals surface area contributed by atoms with Crippen LogP contribution in [0.5, 0.6) is 0 Å². The summed E-state index contributed by atoms with van der Waals surface area (Å²) in [7, 11) is 0. The van der Waals surface area contributed by atoms with Gasteiger partial charge in [-0.05, 0) is 0 Å². The van der Waals surface area contributed by atoms with Crippen LogP contribution in [0.1, 0.15) is 0 Å². The van der Waals surface area contributed by atoms with E-state index in [2.05, 4.69) is 19.8 Å². The number of carbonyl (C=O) groups is 1. The van der Waals surface area contributed by atoms with E-state index in [0.29, 0.717) is 5.65 Å². The van der Waals surface area contributed by atoms with E-state index in [0.717, 1.165) is 5.39 Å². The molecule has 2 rings (SSSR count). The van der Waals surface area contributed by atoms with E-state index < -0.39 is 24.5 Å². The van der Waals surface area contributed by atoms with Crippen molar-refractivity contribution in [1.29, 1.82) is 0 Å². The number of nitrogens with zero attached hydrogens (tertiary/aromatic N) is 2. The zero-order valence-corrected chi connectivity index (χ0v) is 12.4. The maximum atomic E-state index is 11.1. The molecule has 0 saturated heterocycles. The number of hydrogen-bond acceptors (Lipinski definition) is 2. The fraction of sp³-hybridized carbons (Fsp3) is 0.273. The molecule has 0 aliphatic heterocycles. The molecule has 0 fully saturated rings. The van der Waals surface area contributed by atoms with Crippen molar-refractivity contribution in [3.05, 3.63) is 24.5 Å². The Bertz CT molecular complexity index is 555. The molecule has 0 spiro atoms. The van der Waals surface area contributed by atoms with Gasteiger partial charge in [0.2, 0.25) is 0 Å². The van der Waals surface area contributed by atoms with Gasteiger partial charge in [0.25, 0.3) is 0 Å². The Morgan fingerprint density at radius 2 is 2.12 bits per heavy atom. The van der Waals surface area contributed by atoms with Gasteiger partial charge < -0.3 is 0 Å². The van der Waals surface area contributed by atoms with Crippen LogP contribution in [0.15, 0.2) is 24.5 Å². The molecular weight excluding hydrogens is 311 g/mol. The molecule has 0 amide bonds. The number of hydrogen-bond donors (Lipinski definition) is 1. The number of carboxylic acid groups (broad SMARTS) is 1. The van der Waals surface area contributed by atoms with Crippen molar-refractivity contribution >= 4 is 39.1 Å². The van der Waals surface area contributed by atoms with Gasteiger partial charge in [-0.2, -0.15) is 0 Å². The minimum atomic E-state index is -2.29. The summed E-state index contributed by atoms with van der Waals surface area (Å²) < 4.78 is 2.44. The summed E-state index contributed by atoms with van der Waals surface area (Å²) in [5.74, 6) is 0. The molecule has 0 atom stereocenters. The summed E-state index contributed by atoms with van der Waals surface area (Å²) in [5.41, 5.74) is 0.552. The van der Waals surface area contributed by atoms with Crippen LogP contribution in [0.4, 0.5) is 4.79 Å². The first-order valence-corrected chi connectivity index (χ1v) is 15.1. The average molecular weight is 325 g/mol. The van der Waals surface area contributed by atoms with Crippen LogP contribution in [0.25, 0.3) is 11.0 Å². The van der Waals surface area contributed by atoms with E-state index in [1.54, 1.807) is 12.4 Å². The van der Waals surface area contributed by atoms with E-state index in [1.165, 1.54) is 8.15 Å². The number of fused-ring (bicyclic) bond motifs is 1. The molecule has 0 aromatic carbocycles. The summed E-state index contributed by atoms with van der Waals surface area (Å²) in [6.07, 6.45) is 2.41. The van der Waals surface area contributed by atoms with Crippen LogP contribution in [0.3, 0.4) is 0 Å². The Hall–Kier alpha value is -1.04. The van der Waals surface area contributed by atoms with Gasteiger partial charge >= 0.3 is 97.9 Å². The molecule has 5 heteroatoms. The SMILES string of the molecule is [CH3][Sn]([CH3])([CH3])[c]1cn(C(=O)O)c2ncccc12. The van der Waals surface area contributed by atoms with Crippen molar-refractivity contribution in [3.8, 4) is 0 Å². The van der Waals surface area contributed by atoms with E-state index in [4.69, 9.17) is 5.11 Å². The molecule has 0 unspecified atom stereocenters. The fourth-order valence-electron chi connectivity index (χ4n) is 1.80. The van der Waals surface area contributed by atoms with Crippen LogP contribution < -0.4 is 3.58 Å². The van der Waals surface area contributed by atoms with E-state index in [-0.39, 0.29) is 0 Å². The third-order valence-corrected chi connectivity index (χ3v) is 8.33. The summed E-state index contributed by atoms with van der Waals surface area (Å²) in [5, 5.41) is 10.1. The summed E-state index contributed by atoms with van der Waals surface area (Å²) >= 11 is -2.29. The van der Waals surface area contributed by atoms with Crippen molar-refractivity contribution in [2.24, 2.45) is 0 Å². The second-order valence-electron chi connectivity index (χ2n) is 4.82. The van der Waals surface area contributed by atoms with Gasteiger partial charge in [0.05, 0.1) is 0 Å². The summed E-state index contributed by atoms with van der Waals surface area (Å²) in [6.45, 7) is 0. The van der Waals surface area contributed by atoms with Crippen molar-refractivity contribution in [3.63, 3.8) is 0 Å². The Labute approximate surface area is 97.8 Å². The van der Waals surface area contributed by atoms with Crippen LogP contribution in [-0.2, 0) is 0 Å². The predicted molar refractivity (Wildman–Crippen MR) is 66.1 cm³/mol. The van der Waals surface area contributed by atoms with Crippen molar-refractivity contribution in [2.45, 2.75) is 14.8 Å². The van der Waals surface area contributed by atoms with Crippen LogP contribution in [0, 0.1) is 0 Å². The first-order valence-electron chi connectivity index (χ1n) is 5.11. The fourth-order valence-corrected chi connectivity index (χ4v) is 6.14. The quantitative estimate of drug-likeness (QED) is 0.817. The van der Waals surface area contributed by atoms with E-state index in [1.807, 2.05) is 12.1 Å². The molecule has 84 valence electrons. The summed E-state index contributed by atoms with van der Waals surface area (Å²) in [4.78, 5) is 22.1. The van der Waals surface area contributed by atoms with Crippen molar-refractivity contribution in [1.82, 2.24) is 9.55 Å². The molecular formula is C11H14N2O2Sn. The van der Waals surface area contributed by atoms with Gasteiger partial charge in [-0.25, -0.2) is 0 Å². The molecule has 0 saturated carbocycles. The normalized spacial score (nSPS) is 11.9. The molecule has 2 aromatic rings. The molecule has 0 radical (unpaired) electrons. The molecule has 0 aliphatic rings. The molecule has 16 heavy (non-hydrogen) atoms. The summed E-state index contributed by atoms with van der Waals surface area (Å²) in [6, 6.07) is 3.81. The van der Waals surface area contributed by atoms with E-state index >= 15 is 0 Å². The molecule has 2 heterocycles. The van der Waals surface area contributed by atoms with Gasteiger partial charge in [-0.15, -0.1) is 0 Å². The molecule has 2 aromatic heterocycles. The Balaban J connectivity index is 2.82. The molecule has 0 aliphatic carbocycles. The Morgan fingerprint density at radius 3 is 2.69 bits per heavy atom. The predicted octanol–water partition coefficient (Wildman–Crippen LogP) is 2.11. The third kappa shape index (κ3) is 1.81. The standard InChI is InChI=1S/C8H5N2O2.3CH3.Sn/c11-8(12)10-5-3-6-2-1-4-9-7(6)10;;;;/h1-2,4-5H,(H,11,12);3*1H3;. The minimum absolute atomic E-state index is 0.552. The van der Waals surface area contributed by atoms with E-state index in [9.17, 15) is 4.79 Å². The van der Waals surface area contributed by atoms with Crippen molar-refractivity contribution < 1.29 is 9.90 Å². The Kier molecular flexibility index (Phi) is 2.69. The molecule has 4 nitrogen and oxygen atoms in total. The van der Waals surface area contributed by atoms with Crippen LogP contribution in [-0.4, -0.2) is 39.1 Å². The number of rotatable bonds is 1. The molecule has 0 bridgehead atoms. The topological polar surface area (TPSA) is 55.1 Å². The molecule has 1 N–H and O–H groups in total. The van der Waals surface area contributed by atoms with Gasteiger partial charge in [0.1, 0.15) is 0 Å². The monoisotopic (exact) mass is 326 g/mol. The van der Waals surface area contributed by atoms with Crippen molar-refractivity contribution in [2.75, 3.05) is 0 Å². The van der Waals surface area contributed by atoms with Gasteiger partial charge in [-0.3, -0.25) is 0 Å². The van der Waals surface area contributed by atoms with Crippen LogP contribution in [0.2, 0.25) is 14.8 Å². The second-order valence-corrected chi connectivity index (χ2v) is 19.2. The Morgan fingerprint density at radius 1 is 1.44 bits per heavy atom. The number of pyridine rings is 1. The van der Waals surface area contributed by atoms with Gasteiger partial charge in [0.15, 0.2) is 0 Å². The third-order valence-electron chi connectivity index (χ3n) is 2.58.